The highest BCUT2D eigenvalue weighted by Crippen LogP contribution is 2.37. The zero-order chi connectivity index (χ0) is 19.5. The Morgan fingerprint density at radius 2 is 1.44 bits per heavy atom. The van der Waals surface area contributed by atoms with Crippen molar-refractivity contribution < 1.29 is 9.84 Å². The Labute approximate surface area is 165 Å². The molecular weight excluding hydrogens is 332 g/mol. The number of unbranched alkanes of at least 4 members (excludes halogenated alkanes) is 4. The van der Waals surface area contributed by atoms with Gasteiger partial charge in [-0.15, -0.1) is 0 Å². The summed E-state index contributed by atoms with van der Waals surface area (Å²) in [4.78, 5) is 0. The van der Waals surface area contributed by atoms with E-state index in [1.165, 1.54) is 31.2 Å². The van der Waals surface area contributed by atoms with Crippen LogP contribution in [0.4, 0.5) is 0 Å². The van der Waals surface area contributed by atoms with Crippen molar-refractivity contribution in [1.82, 2.24) is 0 Å². The quantitative estimate of drug-likeness (QED) is 0.394. The van der Waals surface area contributed by atoms with Crippen LogP contribution in [-0.2, 0) is 0 Å². The predicted molar refractivity (Wildman–Crippen MR) is 115 cm³/mol. The summed E-state index contributed by atoms with van der Waals surface area (Å²) in [5.41, 5.74) is 0.542. The largest absolute Gasteiger partial charge is 0.457 e. The molecule has 0 spiro atoms. The third kappa shape index (κ3) is 7.03. The average Bonchev–Trinajstić information content (AvgIpc) is 2.67. The lowest BCUT2D eigenvalue weighted by Gasteiger charge is -2.33. The molecule has 2 aromatic rings. The summed E-state index contributed by atoms with van der Waals surface area (Å²) >= 11 is 0. The maximum Gasteiger partial charge on any atom is 0.127 e. The van der Waals surface area contributed by atoms with Gasteiger partial charge >= 0.3 is 0 Å². The summed E-state index contributed by atoms with van der Waals surface area (Å²) in [6, 6.07) is 18.1. The first-order valence-electron chi connectivity index (χ1n) is 10.6. The van der Waals surface area contributed by atoms with Gasteiger partial charge in [0.15, 0.2) is 0 Å². The van der Waals surface area contributed by atoms with E-state index in [1.807, 2.05) is 49.4 Å². The fraction of sp³-hybridized carbons (Fsp3) is 0.520. The van der Waals surface area contributed by atoms with E-state index in [4.69, 9.17) is 4.74 Å². The van der Waals surface area contributed by atoms with Gasteiger partial charge in [0.2, 0.25) is 0 Å². The highest BCUT2D eigenvalue weighted by atomic mass is 16.5. The Bertz CT molecular complexity index is 631. The van der Waals surface area contributed by atoms with E-state index in [9.17, 15) is 5.11 Å². The van der Waals surface area contributed by atoms with Gasteiger partial charge in [-0.25, -0.2) is 0 Å². The predicted octanol–water partition coefficient (Wildman–Crippen LogP) is 7.47. The fourth-order valence-corrected chi connectivity index (χ4v) is 3.78. The van der Waals surface area contributed by atoms with Gasteiger partial charge in [-0.2, -0.15) is 0 Å². The summed E-state index contributed by atoms with van der Waals surface area (Å²) < 4.78 is 5.90. The molecular formula is C25H36O2. The van der Waals surface area contributed by atoms with Crippen molar-refractivity contribution in [2.24, 2.45) is 0 Å². The molecule has 0 saturated heterocycles. The molecule has 0 radical (unpaired) electrons. The van der Waals surface area contributed by atoms with Gasteiger partial charge in [0, 0.05) is 5.92 Å². The first-order valence-corrected chi connectivity index (χ1v) is 10.6. The van der Waals surface area contributed by atoms with Crippen LogP contribution in [0.2, 0.25) is 0 Å². The molecule has 0 aliphatic rings. The summed E-state index contributed by atoms with van der Waals surface area (Å²) in [5, 5.41) is 11.2. The Morgan fingerprint density at radius 3 is 2.07 bits per heavy atom. The number of hydrogen-bond donors (Lipinski definition) is 1. The minimum atomic E-state index is -0.663. The van der Waals surface area contributed by atoms with Gasteiger partial charge in [-0.3, -0.25) is 0 Å². The molecule has 2 unspecified atom stereocenters. The second kappa shape index (κ2) is 11.1. The van der Waals surface area contributed by atoms with Crippen molar-refractivity contribution in [3.05, 3.63) is 60.2 Å². The number of ether oxygens (including phenoxy) is 1. The Hall–Kier alpha value is -1.80. The molecule has 1 N–H and O–H groups in total. The van der Waals surface area contributed by atoms with Crippen molar-refractivity contribution in [1.29, 1.82) is 0 Å². The first-order chi connectivity index (χ1) is 13.1. The average molecular weight is 369 g/mol. The lowest BCUT2D eigenvalue weighted by Crippen LogP contribution is -2.32. The van der Waals surface area contributed by atoms with Gasteiger partial charge in [-0.05, 0) is 49.6 Å². The molecule has 2 rings (SSSR count). The monoisotopic (exact) mass is 368 g/mol. The molecule has 0 bridgehead atoms. The number of hydrogen-bond acceptors (Lipinski definition) is 2. The smallest absolute Gasteiger partial charge is 0.127 e. The van der Waals surface area contributed by atoms with Crippen molar-refractivity contribution in [2.45, 2.75) is 83.7 Å². The zero-order valence-corrected chi connectivity index (χ0v) is 17.3. The molecule has 2 nitrogen and oxygen atoms in total. The molecule has 0 heterocycles. The van der Waals surface area contributed by atoms with Crippen LogP contribution < -0.4 is 4.74 Å². The van der Waals surface area contributed by atoms with Crippen molar-refractivity contribution in [3.8, 4) is 11.5 Å². The van der Waals surface area contributed by atoms with E-state index in [2.05, 4.69) is 26.0 Å². The second-order valence-corrected chi connectivity index (χ2v) is 7.85. The van der Waals surface area contributed by atoms with Crippen LogP contribution in [0, 0.1) is 0 Å². The standard InChI is InChI=1S/C25H36O2/c1-4-6-7-8-12-20-25(3,26)24(13-5-2)21-16-18-23(19-17-21)27-22-14-10-9-11-15-22/h9-11,14-19,24,26H,4-8,12-13,20H2,1-3H3. The van der Waals surface area contributed by atoms with E-state index in [1.54, 1.807) is 0 Å². The maximum atomic E-state index is 11.2. The normalized spacial score (nSPS) is 14.5. The van der Waals surface area contributed by atoms with Crippen molar-refractivity contribution in [3.63, 3.8) is 0 Å². The van der Waals surface area contributed by atoms with Crippen LogP contribution in [0.15, 0.2) is 54.6 Å². The topological polar surface area (TPSA) is 29.5 Å². The summed E-state index contributed by atoms with van der Waals surface area (Å²) in [7, 11) is 0. The summed E-state index contributed by atoms with van der Waals surface area (Å²) in [5.74, 6) is 1.84. The third-order valence-corrected chi connectivity index (χ3v) is 5.38. The second-order valence-electron chi connectivity index (χ2n) is 7.85. The molecule has 0 aliphatic carbocycles. The number of rotatable bonds is 12. The van der Waals surface area contributed by atoms with E-state index >= 15 is 0 Å². The van der Waals surface area contributed by atoms with E-state index in [0.29, 0.717) is 0 Å². The molecule has 2 heteroatoms. The van der Waals surface area contributed by atoms with Crippen LogP contribution in [0.5, 0.6) is 11.5 Å². The molecule has 0 amide bonds. The van der Waals surface area contributed by atoms with Crippen LogP contribution in [0.25, 0.3) is 0 Å². The van der Waals surface area contributed by atoms with E-state index in [0.717, 1.165) is 37.2 Å². The number of aliphatic hydroxyl groups is 1. The van der Waals surface area contributed by atoms with Crippen molar-refractivity contribution >= 4 is 0 Å². The van der Waals surface area contributed by atoms with E-state index < -0.39 is 5.60 Å². The fourth-order valence-electron chi connectivity index (χ4n) is 3.78. The van der Waals surface area contributed by atoms with Crippen LogP contribution >= 0.6 is 0 Å². The minimum absolute atomic E-state index is 0.166. The van der Waals surface area contributed by atoms with Gasteiger partial charge in [-0.1, -0.05) is 82.7 Å². The van der Waals surface area contributed by atoms with Crippen LogP contribution in [0.1, 0.15) is 83.6 Å². The maximum absolute atomic E-state index is 11.2. The van der Waals surface area contributed by atoms with Crippen LogP contribution in [0.3, 0.4) is 0 Å². The zero-order valence-electron chi connectivity index (χ0n) is 17.3. The van der Waals surface area contributed by atoms with Crippen LogP contribution in [-0.4, -0.2) is 10.7 Å². The van der Waals surface area contributed by atoms with E-state index in [-0.39, 0.29) is 5.92 Å². The van der Waals surface area contributed by atoms with Gasteiger partial charge in [0.1, 0.15) is 11.5 Å². The summed E-state index contributed by atoms with van der Waals surface area (Å²) in [6.45, 7) is 6.44. The SMILES string of the molecule is CCCCCCCC(C)(O)C(CCC)c1ccc(Oc2ccccc2)cc1. The highest BCUT2D eigenvalue weighted by molar-refractivity contribution is 5.34. The Balaban J connectivity index is 2.01. The molecule has 0 saturated carbocycles. The van der Waals surface area contributed by atoms with Gasteiger partial charge in [0.25, 0.3) is 0 Å². The van der Waals surface area contributed by atoms with Gasteiger partial charge in [0.05, 0.1) is 5.60 Å². The molecule has 2 atom stereocenters. The highest BCUT2D eigenvalue weighted by Gasteiger charge is 2.31. The molecule has 27 heavy (non-hydrogen) atoms. The molecule has 0 aliphatic heterocycles. The molecule has 148 valence electrons. The lowest BCUT2D eigenvalue weighted by atomic mass is 9.77. The Kier molecular flexibility index (Phi) is 8.87. The van der Waals surface area contributed by atoms with Gasteiger partial charge < -0.3 is 9.84 Å². The Morgan fingerprint density at radius 1 is 0.815 bits per heavy atom. The summed E-state index contributed by atoms with van der Waals surface area (Å²) in [6.07, 6.45) is 9.07. The molecule has 0 fully saturated rings. The number of benzene rings is 2. The minimum Gasteiger partial charge on any atom is -0.457 e. The number of para-hydroxylation sites is 1. The first kappa shape index (κ1) is 21.5. The van der Waals surface area contributed by atoms with Crippen molar-refractivity contribution in [2.75, 3.05) is 0 Å². The molecule has 2 aromatic carbocycles. The third-order valence-electron chi connectivity index (χ3n) is 5.38. The molecule has 0 aromatic heterocycles. The lowest BCUT2D eigenvalue weighted by molar-refractivity contribution is 0.0162.